The number of carboxylic acid groups (broad SMARTS) is 1. The number of piperidine rings is 1. The molecule has 1 amide bonds. The fourth-order valence-corrected chi connectivity index (χ4v) is 7.60. The van der Waals surface area contributed by atoms with Crippen molar-refractivity contribution in [3.8, 4) is 17.1 Å². The van der Waals surface area contributed by atoms with Gasteiger partial charge in [0.2, 0.25) is 11.8 Å². The summed E-state index contributed by atoms with van der Waals surface area (Å²) in [7, 11) is 0. The van der Waals surface area contributed by atoms with Crippen LogP contribution in [-0.2, 0) is 4.74 Å². The lowest BCUT2D eigenvalue weighted by molar-refractivity contribution is -0.0192. The molecule has 1 spiro atoms. The number of hydrogen-bond donors (Lipinski definition) is 3. The maximum Gasteiger partial charge on any atom is 0.410 e. The van der Waals surface area contributed by atoms with Crippen LogP contribution in [0, 0.1) is 25.2 Å². The third kappa shape index (κ3) is 9.88. The first-order chi connectivity index (χ1) is 23.2. The SMILES string of the molecule is Cc1cccc(C)c1-c1cc(OCC(CC(C)C)NC2CC3(CCN(C(=O)OC(C)(C)C)CC3)C2)nc(NSc2cccc(C(=O)O)c2)n1. The number of aryl methyl sites for hydroxylation is 2. The van der Waals surface area contributed by atoms with Crippen molar-refractivity contribution >= 4 is 30.0 Å². The van der Waals surface area contributed by atoms with Gasteiger partial charge in [0.05, 0.1) is 11.3 Å². The van der Waals surface area contributed by atoms with E-state index in [-0.39, 0.29) is 23.1 Å². The molecule has 2 fully saturated rings. The number of benzene rings is 2. The van der Waals surface area contributed by atoms with Crippen LogP contribution in [0.1, 0.15) is 88.2 Å². The number of aromatic nitrogens is 2. The molecule has 49 heavy (non-hydrogen) atoms. The molecule has 0 radical (unpaired) electrons. The van der Waals surface area contributed by atoms with Crippen LogP contribution >= 0.6 is 11.9 Å². The maximum absolute atomic E-state index is 12.6. The summed E-state index contributed by atoms with van der Waals surface area (Å²) < 4.78 is 15.3. The van der Waals surface area contributed by atoms with Gasteiger partial charge in [-0.3, -0.25) is 4.72 Å². The van der Waals surface area contributed by atoms with Crippen LogP contribution in [0.4, 0.5) is 10.7 Å². The number of ether oxygens (including phenoxy) is 2. The quantitative estimate of drug-likeness (QED) is 0.161. The van der Waals surface area contributed by atoms with Gasteiger partial charge in [-0.05, 0) is 119 Å². The standard InChI is InChI=1S/C38H51N5O5S/c1-24(2)18-28(39-29-21-38(22-29)14-16-43(17-15-38)36(46)48-37(5,6)7)23-47-32-20-31(33-25(3)10-8-11-26(33)4)40-35(41-32)42-49-30-13-9-12-27(19-30)34(44)45/h8-13,19-20,24,28-29,39H,14-18,21-23H2,1-7H3,(H,44,45)(H,40,41,42). The molecule has 2 aromatic carbocycles. The molecule has 1 unspecified atom stereocenters. The maximum atomic E-state index is 12.6. The molecule has 1 saturated heterocycles. The Morgan fingerprint density at radius 3 is 2.35 bits per heavy atom. The molecule has 3 aromatic rings. The Labute approximate surface area is 294 Å². The van der Waals surface area contributed by atoms with E-state index >= 15 is 0 Å². The van der Waals surface area contributed by atoms with Crippen LogP contribution in [-0.4, -0.2) is 69.4 Å². The highest BCUT2D eigenvalue weighted by Crippen LogP contribution is 2.49. The summed E-state index contributed by atoms with van der Waals surface area (Å²) in [6.07, 6.45) is 4.97. The van der Waals surface area contributed by atoms with E-state index in [4.69, 9.17) is 19.4 Å². The number of carbonyl (C=O) groups is 2. The minimum absolute atomic E-state index is 0.146. The van der Waals surface area contributed by atoms with E-state index in [9.17, 15) is 14.7 Å². The van der Waals surface area contributed by atoms with Gasteiger partial charge < -0.3 is 24.8 Å². The van der Waals surface area contributed by atoms with Crippen LogP contribution in [0.15, 0.2) is 53.4 Å². The minimum atomic E-state index is -0.975. The molecule has 1 atom stereocenters. The Bertz CT molecular complexity index is 1600. The number of rotatable bonds is 12. The predicted octanol–water partition coefficient (Wildman–Crippen LogP) is 8.14. The highest BCUT2D eigenvalue weighted by atomic mass is 32.2. The second-order valence-electron chi connectivity index (χ2n) is 15.1. The summed E-state index contributed by atoms with van der Waals surface area (Å²) in [6.45, 7) is 16.3. The molecule has 11 heteroatoms. The van der Waals surface area contributed by atoms with Crippen molar-refractivity contribution in [1.82, 2.24) is 20.2 Å². The lowest BCUT2D eigenvalue weighted by Crippen LogP contribution is -2.57. The number of nitrogens with one attached hydrogen (secondary N) is 2. The average Bonchev–Trinajstić information content (AvgIpc) is 3.01. The number of carboxylic acids is 1. The van der Waals surface area contributed by atoms with E-state index in [0.717, 1.165) is 72.5 Å². The first-order valence-corrected chi connectivity index (χ1v) is 18.1. The molecule has 1 aliphatic heterocycles. The van der Waals surface area contributed by atoms with Gasteiger partial charge in [-0.15, -0.1) is 0 Å². The molecule has 2 aliphatic rings. The molecule has 3 N–H and O–H groups in total. The van der Waals surface area contributed by atoms with Crippen molar-refractivity contribution in [1.29, 1.82) is 0 Å². The first kappa shape index (κ1) is 36.5. The smallest absolute Gasteiger partial charge is 0.410 e. The van der Waals surface area contributed by atoms with E-state index in [2.05, 4.69) is 49.9 Å². The second-order valence-corrected chi connectivity index (χ2v) is 16.0. The topological polar surface area (TPSA) is 126 Å². The average molecular weight is 690 g/mol. The van der Waals surface area contributed by atoms with E-state index in [0.29, 0.717) is 30.4 Å². The van der Waals surface area contributed by atoms with Gasteiger partial charge >= 0.3 is 12.1 Å². The normalized spacial score (nSPS) is 16.7. The van der Waals surface area contributed by atoms with Crippen molar-refractivity contribution in [2.24, 2.45) is 11.3 Å². The number of anilines is 1. The van der Waals surface area contributed by atoms with E-state index < -0.39 is 11.6 Å². The lowest BCUT2D eigenvalue weighted by atomic mass is 9.60. The third-order valence-electron chi connectivity index (χ3n) is 9.28. The predicted molar refractivity (Wildman–Crippen MR) is 194 cm³/mol. The number of carbonyl (C=O) groups excluding carboxylic acids is 1. The van der Waals surface area contributed by atoms with Crippen LogP contribution in [0.25, 0.3) is 11.3 Å². The van der Waals surface area contributed by atoms with E-state index in [1.54, 1.807) is 18.2 Å². The van der Waals surface area contributed by atoms with E-state index in [1.807, 2.05) is 43.9 Å². The zero-order valence-electron chi connectivity index (χ0n) is 29.8. The van der Waals surface area contributed by atoms with Gasteiger partial charge in [0, 0.05) is 41.7 Å². The summed E-state index contributed by atoms with van der Waals surface area (Å²) in [4.78, 5) is 36.2. The molecular weight excluding hydrogens is 639 g/mol. The molecule has 1 aliphatic carbocycles. The fourth-order valence-electron chi connectivity index (χ4n) is 6.96. The Kier molecular flexibility index (Phi) is 11.4. The van der Waals surface area contributed by atoms with Gasteiger partial charge in [-0.25, -0.2) is 14.6 Å². The fraction of sp³-hybridized carbons (Fsp3) is 0.526. The summed E-state index contributed by atoms with van der Waals surface area (Å²) >= 11 is 1.26. The van der Waals surface area contributed by atoms with Gasteiger partial charge in [0.1, 0.15) is 12.2 Å². The van der Waals surface area contributed by atoms with Gasteiger partial charge in [-0.2, -0.15) is 4.98 Å². The van der Waals surface area contributed by atoms with Crippen LogP contribution in [0.3, 0.4) is 0 Å². The third-order valence-corrected chi connectivity index (χ3v) is 10.0. The summed E-state index contributed by atoms with van der Waals surface area (Å²) in [6, 6.07) is 15.4. The first-order valence-electron chi connectivity index (χ1n) is 17.3. The number of likely N-dealkylation sites (tertiary alicyclic amines) is 1. The highest BCUT2D eigenvalue weighted by Gasteiger charge is 2.47. The molecule has 5 rings (SSSR count). The van der Waals surface area contributed by atoms with Crippen LogP contribution in [0.2, 0.25) is 0 Å². The Balaban J connectivity index is 1.25. The van der Waals surface area contributed by atoms with Crippen molar-refractivity contribution in [2.75, 3.05) is 24.4 Å². The van der Waals surface area contributed by atoms with Gasteiger partial charge in [-0.1, -0.05) is 38.1 Å². The molecule has 2 heterocycles. The Hall–Kier alpha value is -3.83. The number of aromatic carboxylic acids is 1. The van der Waals surface area contributed by atoms with E-state index in [1.165, 1.54) is 11.9 Å². The molecule has 1 saturated carbocycles. The van der Waals surface area contributed by atoms with Crippen LogP contribution < -0.4 is 14.8 Å². The molecule has 1 aromatic heterocycles. The minimum Gasteiger partial charge on any atom is -0.478 e. The van der Waals surface area contributed by atoms with Crippen molar-refractivity contribution in [3.05, 3.63) is 65.2 Å². The Morgan fingerprint density at radius 2 is 1.71 bits per heavy atom. The zero-order chi connectivity index (χ0) is 35.3. The van der Waals surface area contributed by atoms with Crippen molar-refractivity contribution < 1.29 is 24.2 Å². The van der Waals surface area contributed by atoms with Gasteiger partial charge in [0.15, 0.2) is 0 Å². The molecule has 10 nitrogen and oxygen atoms in total. The monoisotopic (exact) mass is 689 g/mol. The summed E-state index contributed by atoms with van der Waals surface area (Å²) in [5, 5.41) is 13.3. The second kappa shape index (κ2) is 15.4. The molecule has 264 valence electrons. The number of amides is 1. The van der Waals surface area contributed by atoms with Gasteiger partial charge in [0.25, 0.3) is 0 Å². The number of hydrogen-bond acceptors (Lipinski definition) is 9. The zero-order valence-corrected chi connectivity index (χ0v) is 30.7. The van der Waals surface area contributed by atoms with Crippen molar-refractivity contribution in [2.45, 2.75) is 103 Å². The number of nitrogens with zero attached hydrogens (tertiary/aromatic N) is 3. The lowest BCUT2D eigenvalue weighted by Gasteiger charge is -2.53. The van der Waals surface area contributed by atoms with Crippen molar-refractivity contribution in [3.63, 3.8) is 0 Å². The molecular formula is C38H51N5O5S. The summed E-state index contributed by atoms with van der Waals surface area (Å²) in [5.74, 6) is 0.368. The molecule has 0 bridgehead atoms. The van der Waals surface area contributed by atoms with Crippen LogP contribution in [0.5, 0.6) is 5.88 Å². The highest BCUT2D eigenvalue weighted by molar-refractivity contribution is 8.00. The Morgan fingerprint density at radius 1 is 1.04 bits per heavy atom. The largest absolute Gasteiger partial charge is 0.478 e. The summed E-state index contributed by atoms with van der Waals surface area (Å²) in [5.41, 5.74) is 4.02.